The van der Waals surface area contributed by atoms with Crippen LogP contribution >= 0.6 is 23.4 Å². The number of hydrogen-bond acceptors (Lipinski definition) is 5. The first kappa shape index (κ1) is 20.8. The summed E-state index contributed by atoms with van der Waals surface area (Å²) in [5.74, 6) is 1.51. The van der Waals surface area contributed by atoms with Gasteiger partial charge in [0.15, 0.2) is 6.10 Å². The fourth-order valence-electron chi connectivity index (χ4n) is 2.81. The van der Waals surface area contributed by atoms with Gasteiger partial charge in [-0.15, -0.1) is 0 Å². The first-order chi connectivity index (χ1) is 13.4. The summed E-state index contributed by atoms with van der Waals surface area (Å²) in [5.41, 5.74) is 1.50. The Labute approximate surface area is 174 Å². The van der Waals surface area contributed by atoms with Crippen molar-refractivity contribution in [1.29, 1.82) is 0 Å². The van der Waals surface area contributed by atoms with Crippen molar-refractivity contribution < 1.29 is 17.9 Å². The number of nitrogens with zero attached hydrogens (tertiary/aromatic N) is 1. The summed E-state index contributed by atoms with van der Waals surface area (Å²) in [6, 6.07) is 14.4. The van der Waals surface area contributed by atoms with Crippen molar-refractivity contribution in [3.63, 3.8) is 0 Å². The predicted molar refractivity (Wildman–Crippen MR) is 114 cm³/mol. The highest BCUT2D eigenvalue weighted by Crippen LogP contribution is 2.34. The third-order valence-electron chi connectivity index (χ3n) is 4.19. The molecule has 1 atom stereocenters. The lowest BCUT2D eigenvalue weighted by atomic mass is 10.2. The molecule has 2 aromatic rings. The molecular weight excluding hydrogens is 420 g/mol. The van der Waals surface area contributed by atoms with Gasteiger partial charge in [0.2, 0.25) is 10.0 Å². The van der Waals surface area contributed by atoms with Crippen molar-refractivity contribution in [2.75, 3.05) is 29.4 Å². The maximum atomic E-state index is 12.5. The molecule has 0 aliphatic carbocycles. The number of fused-ring (bicyclic) bond motifs is 1. The minimum absolute atomic E-state index is 0.0472. The molecule has 9 heteroatoms. The van der Waals surface area contributed by atoms with Crippen LogP contribution in [-0.2, 0) is 20.6 Å². The third-order valence-corrected chi connectivity index (χ3v) is 6.71. The lowest BCUT2D eigenvalue weighted by Gasteiger charge is -2.33. The number of thioether (sulfide) groups is 1. The lowest BCUT2D eigenvalue weighted by molar-refractivity contribution is -0.127. The standard InChI is InChI=1S/C19H21ClN2O4S2/c1-28(24,25)22-12-18(26-17-9-5-4-8-16(17)22)19(23)21-10-11-27-13-14-6-2-3-7-15(14)20/h2-9,18H,10-13H2,1H3,(H,21,23)/t18-/m1/s1. The zero-order valence-electron chi connectivity index (χ0n) is 15.3. The topological polar surface area (TPSA) is 75.7 Å². The SMILES string of the molecule is CS(=O)(=O)N1C[C@H](C(=O)NCCSCc2ccccc2Cl)Oc2ccccc21. The Kier molecular flexibility index (Phi) is 6.74. The Morgan fingerprint density at radius 1 is 1.25 bits per heavy atom. The second kappa shape index (κ2) is 9.07. The van der Waals surface area contributed by atoms with Crippen molar-refractivity contribution >= 4 is 45.0 Å². The molecule has 6 nitrogen and oxygen atoms in total. The van der Waals surface area contributed by atoms with Crippen molar-refractivity contribution in [2.24, 2.45) is 0 Å². The highest BCUT2D eigenvalue weighted by Gasteiger charge is 2.34. The fourth-order valence-corrected chi connectivity index (χ4v) is 4.87. The largest absolute Gasteiger partial charge is 0.476 e. The lowest BCUT2D eigenvalue weighted by Crippen LogP contribution is -2.50. The number of carbonyl (C=O) groups excluding carboxylic acids is 1. The summed E-state index contributed by atoms with van der Waals surface area (Å²) in [7, 11) is -3.51. The number of carbonyl (C=O) groups is 1. The van der Waals surface area contributed by atoms with Gasteiger partial charge in [-0.2, -0.15) is 11.8 Å². The molecule has 2 aromatic carbocycles. The average molecular weight is 441 g/mol. The first-order valence-corrected chi connectivity index (χ1v) is 12.1. The van der Waals surface area contributed by atoms with Gasteiger partial charge < -0.3 is 10.1 Å². The molecule has 0 radical (unpaired) electrons. The van der Waals surface area contributed by atoms with Gasteiger partial charge in [0.1, 0.15) is 5.75 Å². The molecule has 1 aliphatic rings. The highest BCUT2D eigenvalue weighted by atomic mass is 35.5. The second-order valence-corrected chi connectivity index (χ2v) is 9.72. The number of hydrogen-bond donors (Lipinski definition) is 1. The third kappa shape index (κ3) is 5.12. The van der Waals surface area contributed by atoms with Crippen LogP contribution in [0.4, 0.5) is 5.69 Å². The minimum Gasteiger partial charge on any atom is -0.476 e. The fraction of sp³-hybridized carbons (Fsp3) is 0.316. The van der Waals surface area contributed by atoms with E-state index in [2.05, 4.69) is 5.32 Å². The van der Waals surface area contributed by atoms with Crippen LogP contribution in [0.2, 0.25) is 5.02 Å². The number of amides is 1. The van der Waals surface area contributed by atoms with Crippen LogP contribution in [0.1, 0.15) is 5.56 Å². The van der Waals surface area contributed by atoms with E-state index in [0.717, 1.165) is 22.6 Å². The van der Waals surface area contributed by atoms with Crippen molar-refractivity contribution in [3.05, 3.63) is 59.1 Å². The molecule has 0 spiro atoms. The van der Waals surface area contributed by atoms with Crippen LogP contribution in [0.3, 0.4) is 0 Å². The summed E-state index contributed by atoms with van der Waals surface area (Å²) in [4.78, 5) is 12.5. The van der Waals surface area contributed by atoms with E-state index >= 15 is 0 Å². The van der Waals surface area contributed by atoms with E-state index in [1.807, 2.05) is 24.3 Å². The molecule has 0 bridgehead atoms. The Balaban J connectivity index is 1.53. The van der Waals surface area contributed by atoms with E-state index in [4.69, 9.17) is 16.3 Å². The monoisotopic (exact) mass is 440 g/mol. The van der Waals surface area contributed by atoms with Crippen LogP contribution in [0, 0.1) is 0 Å². The molecule has 1 amide bonds. The molecule has 1 aliphatic heterocycles. The van der Waals surface area contributed by atoms with Crippen LogP contribution in [0.5, 0.6) is 5.75 Å². The molecule has 28 heavy (non-hydrogen) atoms. The molecule has 1 heterocycles. The average Bonchev–Trinajstić information content (AvgIpc) is 2.67. The number of rotatable bonds is 7. The molecule has 0 fully saturated rings. The summed E-state index contributed by atoms with van der Waals surface area (Å²) in [6.07, 6.45) is 0.230. The van der Waals surface area contributed by atoms with Gasteiger partial charge in [0, 0.05) is 23.1 Å². The van der Waals surface area contributed by atoms with Crippen LogP contribution in [0.25, 0.3) is 0 Å². The predicted octanol–water partition coefficient (Wildman–Crippen LogP) is 2.92. The van der Waals surface area contributed by atoms with Crippen LogP contribution < -0.4 is 14.4 Å². The van der Waals surface area contributed by atoms with E-state index in [0.29, 0.717) is 23.7 Å². The highest BCUT2D eigenvalue weighted by molar-refractivity contribution is 7.98. The Morgan fingerprint density at radius 3 is 2.71 bits per heavy atom. The second-order valence-electron chi connectivity index (χ2n) is 6.30. The van der Waals surface area contributed by atoms with Gasteiger partial charge in [-0.25, -0.2) is 8.42 Å². The Hall–Kier alpha value is -1.90. The summed E-state index contributed by atoms with van der Waals surface area (Å²) >= 11 is 7.78. The van der Waals surface area contributed by atoms with E-state index < -0.39 is 16.1 Å². The van der Waals surface area contributed by atoms with Crippen LogP contribution in [-0.4, -0.2) is 45.5 Å². The van der Waals surface area contributed by atoms with Gasteiger partial charge in [-0.1, -0.05) is 41.9 Å². The maximum Gasteiger partial charge on any atom is 0.263 e. The number of para-hydroxylation sites is 2. The van der Waals surface area contributed by atoms with Crippen LogP contribution in [0.15, 0.2) is 48.5 Å². The molecule has 150 valence electrons. The first-order valence-electron chi connectivity index (χ1n) is 8.68. The molecule has 1 N–H and O–H groups in total. The summed E-state index contributed by atoms with van der Waals surface area (Å²) < 4.78 is 31.1. The zero-order chi connectivity index (χ0) is 20.1. The molecule has 3 rings (SSSR count). The number of anilines is 1. The number of benzene rings is 2. The van der Waals surface area contributed by atoms with Gasteiger partial charge in [0.25, 0.3) is 5.91 Å². The Bertz CT molecular complexity index is 952. The number of sulfonamides is 1. The van der Waals surface area contributed by atoms with E-state index in [-0.39, 0.29) is 12.5 Å². The summed E-state index contributed by atoms with van der Waals surface area (Å²) in [6.45, 7) is 0.406. The van der Waals surface area contributed by atoms with Gasteiger partial charge >= 0.3 is 0 Å². The maximum absolute atomic E-state index is 12.5. The van der Waals surface area contributed by atoms with Gasteiger partial charge in [-0.05, 0) is 23.8 Å². The normalized spacial score (nSPS) is 16.2. The number of halogens is 1. The molecule has 0 saturated carbocycles. The Morgan fingerprint density at radius 2 is 1.96 bits per heavy atom. The number of nitrogens with one attached hydrogen (secondary N) is 1. The summed E-state index contributed by atoms with van der Waals surface area (Å²) in [5, 5.41) is 3.55. The molecule has 0 aromatic heterocycles. The van der Waals surface area contributed by atoms with E-state index in [1.165, 1.54) is 4.31 Å². The quantitative estimate of drug-likeness (QED) is 0.670. The molecule has 0 unspecified atom stereocenters. The number of ether oxygens (including phenoxy) is 1. The van der Waals surface area contributed by atoms with Crippen molar-refractivity contribution in [1.82, 2.24) is 5.32 Å². The smallest absolute Gasteiger partial charge is 0.263 e. The van der Waals surface area contributed by atoms with E-state index in [1.54, 1.807) is 36.0 Å². The minimum atomic E-state index is -3.51. The zero-order valence-corrected chi connectivity index (χ0v) is 17.7. The van der Waals surface area contributed by atoms with Crippen molar-refractivity contribution in [2.45, 2.75) is 11.9 Å². The molecular formula is C19H21ClN2O4S2. The van der Waals surface area contributed by atoms with E-state index in [9.17, 15) is 13.2 Å². The molecule has 0 saturated heterocycles. The van der Waals surface area contributed by atoms with Gasteiger partial charge in [0.05, 0.1) is 18.5 Å². The van der Waals surface area contributed by atoms with Gasteiger partial charge in [-0.3, -0.25) is 9.10 Å². The van der Waals surface area contributed by atoms with Crippen molar-refractivity contribution in [3.8, 4) is 5.75 Å².